The summed E-state index contributed by atoms with van der Waals surface area (Å²) in [5.74, 6) is -2.12. The Kier molecular flexibility index (Phi) is 4.81. The fraction of sp³-hybridized carbons (Fsp3) is 0.562. The molecular weight excluding hydrogens is 284 g/mol. The number of carbonyl (C=O) groups excluding carboxylic acids is 1. The second-order valence-electron chi connectivity index (χ2n) is 6.23. The first kappa shape index (κ1) is 16.4. The Morgan fingerprint density at radius 1 is 1.41 bits per heavy atom. The van der Waals surface area contributed by atoms with Crippen LogP contribution in [0.1, 0.15) is 19.4 Å². The Hall–Kier alpha value is -1.95. The molecule has 1 amide bonds. The SMILES string of the molecule is COCCN(Cc1cccnc1)C(=O)[C@@H]1[C@H](C(=O)O)C1(C)C. The van der Waals surface area contributed by atoms with E-state index in [-0.39, 0.29) is 5.91 Å². The lowest BCUT2D eigenvalue weighted by atomic mass is 10.1. The van der Waals surface area contributed by atoms with E-state index in [4.69, 9.17) is 4.74 Å². The van der Waals surface area contributed by atoms with Crippen LogP contribution in [-0.4, -0.2) is 47.1 Å². The number of aromatic nitrogens is 1. The van der Waals surface area contributed by atoms with Crippen molar-refractivity contribution < 1.29 is 19.4 Å². The molecule has 0 saturated heterocycles. The molecule has 1 N–H and O–H groups in total. The first-order chi connectivity index (χ1) is 10.4. The van der Waals surface area contributed by atoms with Crippen molar-refractivity contribution in [3.63, 3.8) is 0 Å². The summed E-state index contributed by atoms with van der Waals surface area (Å²) in [7, 11) is 1.58. The number of hydrogen-bond acceptors (Lipinski definition) is 4. The molecule has 0 aliphatic heterocycles. The maximum absolute atomic E-state index is 12.7. The van der Waals surface area contributed by atoms with Crippen LogP contribution in [0.3, 0.4) is 0 Å². The van der Waals surface area contributed by atoms with Gasteiger partial charge in [-0.1, -0.05) is 19.9 Å². The smallest absolute Gasteiger partial charge is 0.307 e. The van der Waals surface area contributed by atoms with Crippen LogP contribution in [0.15, 0.2) is 24.5 Å². The van der Waals surface area contributed by atoms with Crippen molar-refractivity contribution in [2.24, 2.45) is 17.3 Å². The van der Waals surface area contributed by atoms with E-state index in [1.807, 2.05) is 26.0 Å². The lowest BCUT2D eigenvalue weighted by Crippen LogP contribution is -2.36. The Labute approximate surface area is 130 Å². The predicted molar refractivity (Wildman–Crippen MR) is 79.9 cm³/mol. The molecule has 22 heavy (non-hydrogen) atoms. The van der Waals surface area contributed by atoms with Crippen LogP contribution >= 0.6 is 0 Å². The summed E-state index contributed by atoms with van der Waals surface area (Å²) in [6.07, 6.45) is 3.38. The highest BCUT2D eigenvalue weighted by Gasteiger charge is 2.66. The average molecular weight is 306 g/mol. The highest BCUT2D eigenvalue weighted by atomic mass is 16.5. The summed E-state index contributed by atoms with van der Waals surface area (Å²) >= 11 is 0. The van der Waals surface area contributed by atoms with Crippen molar-refractivity contribution in [1.82, 2.24) is 9.88 Å². The molecular formula is C16H22N2O4. The summed E-state index contributed by atoms with van der Waals surface area (Å²) in [5, 5.41) is 9.25. The topological polar surface area (TPSA) is 79.7 Å². The first-order valence-electron chi connectivity index (χ1n) is 7.29. The van der Waals surface area contributed by atoms with E-state index in [9.17, 15) is 14.7 Å². The molecule has 120 valence electrons. The quantitative estimate of drug-likeness (QED) is 0.824. The summed E-state index contributed by atoms with van der Waals surface area (Å²) < 4.78 is 5.06. The van der Waals surface area contributed by atoms with E-state index in [0.29, 0.717) is 19.7 Å². The van der Waals surface area contributed by atoms with Crippen LogP contribution in [0.25, 0.3) is 0 Å². The van der Waals surface area contributed by atoms with Crippen molar-refractivity contribution >= 4 is 11.9 Å². The fourth-order valence-corrected chi connectivity index (χ4v) is 2.94. The first-order valence-corrected chi connectivity index (χ1v) is 7.29. The molecule has 0 bridgehead atoms. The van der Waals surface area contributed by atoms with Gasteiger partial charge in [0, 0.05) is 32.6 Å². The number of methoxy groups -OCH3 is 1. The molecule has 1 aromatic heterocycles. The molecule has 0 aromatic carbocycles. The number of nitrogens with zero attached hydrogens (tertiary/aromatic N) is 2. The van der Waals surface area contributed by atoms with Gasteiger partial charge in [0.2, 0.25) is 5.91 Å². The zero-order valence-electron chi connectivity index (χ0n) is 13.2. The third-order valence-corrected chi connectivity index (χ3v) is 4.33. The van der Waals surface area contributed by atoms with Crippen molar-refractivity contribution in [2.45, 2.75) is 20.4 Å². The normalized spacial score (nSPS) is 22.1. The number of ether oxygens (including phenoxy) is 1. The average Bonchev–Trinajstić information content (AvgIpc) is 3.06. The van der Waals surface area contributed by atoms with E-state index in [1.54, 1.807) is 24.4 Å². The Balaban J connectivity index is 2.12. The maximum Gasteiger partial charge on any atom is 0.307 e. The number of hydrogen-bond donors (Lipinski definition) is 1. The monoisotopic (exact) mass is 306 g/mol. The van der Waals surface area contributed by atoms with Gasteiger partial charge in [0.05, 0.1) is 18.4 Å². The molecule has 1 aromatic rings. The van der Waals surface area contributed by atoms with Gasteiger partial charge in [-0.15, -0.1) is 0 Å². The number of carboxylic acid groups (broad SMARTS) is 1. The van der Waals surface area contributed by atoms with Gasteiger partial charge in [-0.25, -0.2) is 0 Å². The molecule has 6 heteroatoms. The molecule has 0 spiro atoms. The number of amides is 1. The zero-order valence-corrected chi connectivity index (χ0v) is 13.2. The molecule has 0 radical (unpaired) electrons. The lowest BCUT2D eigenvalue weighted by molar-refractivity contribution is -0.142. The molecule has 6 nitrogen and oxygen atoms in total. The summed E-state index contributed by atoms with van der Waals surface area (Å²) in [6, 6.07) is 3.71. The maximum atomic E-state index is 12.7. The van der Waals surface area contributed by atoms with Crippen molar-refractivity contribution in [2.75, 3.05) is 20.3 Å². The molecule has 1 saturated carbocycles. The van der Waals surface area contributed by atoms with Gasteiger partial charge in [-0.3, -0.25) is 14.6 Å². The minimum Gasteiger partial charge on any atom is -0.481 e. The number of carboxylic acids is 1. The number of pyridine rings is 1. The van der Waals surface area contributed by atoms with Crippen LogP contribution in [0, 0.1) is 17.3 Å². The zero-order chi connectivity index (χ0) is 16.3. The van der Waals surface area contributed by atoms with E-state index in [1.165, 1.54) is 0 Å². The van der Waals surface area contributed by atoms with Crippen LogP contribution in [0.2, 0.25) is 0 Å². The minimum atomic E-state index is -0.906. The van der Waals surface area contributed by atoms with Gasteiger partial charge in [-0.2, -0.15) is 0 Å². The Morgan fingerprint density at radius 3 is 2.64 bits per heavy atom. The molecule has 1 heterocycles. The number of aliphatic carboxylic acids is 1. The van der Waals surface area contributed by atoms with Gasteiger partial charge in [0.15, 0.2) is 0 Å². The summed E-state index contributed by atoms with van der Waals surface area (Å²) in [4.78, 5) is 29.7. The Morgan fingerprint density at radius 2 is 2.14 bits per heavy atom. The second-order valence-corrected chi connectivity index (χ2v) is 6.23. The highest BCUT2D eigenvalue weighted by Crippen LogP contribution is 2.59. The third kappa shape index (κ3) is 3.27. The van der Waals surface area contributed by atoms with Crippen LogP contribution in [0.4, 0.5) is 0 Å². The van der Waals surface area contributed by atoms with Gasteiger partial charge in [-0.05, 0) is 17.0 Å². The van der Waals surface area contributed by atoms with Gasteiger partial charge in [0.25, 0.3) is 0 Å². The molecule has 2 rings (SSSR count). The molecule has 0 unspecified atom stereocenters. The molecule has 1 fully saturated rings. The van der Waals surface area contributed by atoms with Crippen molar-refractivity contribution in [1.29, 1.82) is 0 Å². The number of rotatable bonds is 7. The molecule has 1 aliphatic rings. The van der Waals surface area contributed by atoms with Gasteiger partial charge < -0.3 is 14.7 Å². The van der Waals surface area contributed by atoms with Crippen molar-refractivity contribution in [3.8, 4) is 0 Å². The van der Waals surface area contributed by atoms with Crippen LogP contribution in [0.5, 0.6) is 0 Å². The van der Waals surface area contributed by atoms with E-state index < -0.39 is 23.2 Å². The van der Waals surface area contributed by atoms with E-state index >= 15 is 0 Å². The van der Waals surface area contributed by atoms with Gasteiger partial charge in [0.1, 0.15) is 0 Å². The van der Waals surface area contributed by atoms with Gasteiger partial charge >= 0.3 is 5.97 Å². The molecule has 2 atom stereocenters. The minimum absolute atomic E-state index is 0.127. The number of carbonyl (C=O) groups is 2. The summed E-state index contributed by atoms with van der Waals surface area (Å²) in [5.41, 5.74) is 0.417. The van der Waals surface area contributed by atoms with E-state index in [2.05, 4.69) is 4.98 Å². The predicted octanol–water partition coefficient (Wildman–Crippen LogP) is 1.41. The second kappa shape index (κ2) is 6.44. The lowest BCUT2D eigenvalue weighted by Gasteiger charge is -2.23. The van der Waals surface area contributed by atoms with Crippen LogP contribution < -0.4 is 0 Å². The highest BCUT2D eigenvalue weighted by molar-refractivity contribution is 5.91. The van der Waals surface area contributed by atoms with Crippen molar-refractivity contribution in [3.05, 3.63) is 30.1 Å². The van der Waals surface area contributed by atoms with Crippen LogP contribution in [-0.2, 0) is 20.9 Å². The molecule has 1 aliphatic carbocycles. The Bertz CT molecular complexity index is 544. The largest absolute Gasteiger partial charge is 0.481 e. The third-order valence-electron chi connectivity index (χ3n) is 4.33. The van der Waals surface area contributed by atoms with E-state index in [0.717, 1.165) is 5.56 Å². The standard InChI is InChI=1S/C16H22N2O4/c1-16(2)12(13(16)15(20)21)14(19)18(7-8-22-3)10-11-5-4-6-17-9-11/h4-6,9,12-13H,7-8,10H2,1-3H3,(H,20,21)/t12-,13+/m0/s1. The summed E-state index contributed by atoms with van der Waals surface area (Å²) in [6.45, 7) is 4.91. The fourth-order valence-electron chi connectivity index (χ4n) is 2.94.